The SMILES string of the molecule is Cn1cc(C(=O)NC2CCCN(Cc3nnc(C4CC4)o3)C2)cn1. The van der Waals surface area contributed by atoms with Gasteiger partial charge in [-0.15, -0.1) is 10.2 Å². The third kappa shape index (κ3) is 3.48. The molecule has 2 fully saturated rings. The Labute approximate surface area is 140 Å². The molecule has 24 heavy (non-hydrogen) atoms. The summed E-state index contributed by atoms with van der Waals surface area (Å²) in [5.74, 6) is 1.88. The predicted octanol–water partition coefficient (Wildman–Crippen LogP) is 1.07. The second kappa shape index (κ2) is 6.35. The quantitative estimate of drug-likeness (QED) is 0.882. The van der Waals surface area contributed by atoms with Gasteiger partial charge in [0, 0.05) is 31.7 Å². The Morgan fingerprint density at radius 1 is 1.38 bits per heavy atom. The van der Waals surface area contributed by atoms with Crippen molar-refractivity contribution in [2.75, 3.05) is 13.1 Å². The van der Waals surface area contributed by atoms with E-state index >= 15 is 0 Å². The van der Waals surface area contributed by atoms with Gasteiger partial charge in [-0.05, 0) is 32.2 Å². The molecule has 1 aliphatic heterocycles. The maximum atomic E-state index is 12.3. The number of likely N-dealkylation sites (tertiary alicyclic amines) is 1. The summed E-state index contributed by atoms with van der Waals surface area (Å²) in [6, 6.07) is 0.136. The van der Waals surface area contributed by atoms with Crippen LogP contribution in [0.25, 0.3) is 0 Å². The molecule has 2 aliphatic rings. The highest BCUT2D eigenvalue weighted by molar-refractivity contribution is 5.93. The van der Waals surface area contributed by atoms with Gasteiger partial charge in [-0.25, -0.2) is 0 Å². The van der Waals surface area contributed by atoms with E-state index in [0.29, 0.717) is 23.9 Å². The molecule has 2 aromatic rings. The average molecular weight is 330 g/mol. The summed E-state index contributed by atoms with van der Waals surface area (Å²) in [5, 5.41) is 15.4. The number of carbonyl (C=O) groups excluding carboxylic acids is 1. The molecule has 1 unspecified atom stereocenters. The van der Waals surface area contributed by atoms with E-state index in [2.05, 4.69) is 25.5 Å². The molecule has 0 spiro atoms. The van der Waals surface area contributed by atoms with Crippen molar-refractivity contribution in [2.24, 2.45) is 7.05 Å². The van der Waals surface area contributed by atoms with Gasteiger partial charge in [0.2, 0.25) is 11.8 Å². The minimum Gasteiger partial charge on any atom is -0.424 e. The molecule has 8 heteroatoms. The first-order valence-corrected chi connectivity index (χ1v) is 8.51. The lowest BCUT2D eigenvalue weighted by atomic mass is 10.1. The molecule has 2 aromatic heterocycles. The molecule has 8 nitrogen and oxygen atoms in total. The Balaban J connectivity index is 1.32. The average Bonchev–Trinajstić information content (AvgIpc) is 3.16. The van der Waals surface area contributed by atoms with E-state index in [1.54, 1.807) is 24.1 Å². The van der Waals surface area contributed by atoms with E-state index in [1.807, 2.05) is 0 Å². The number of nitrogens with zero attached hydrogens (tertiary/aromatic N) is 5. The number of piperidine rings is 1. The van der Waals surface area contributed by atoms with Gasteiger partial charge in [0.05, 0.1) is 18.3 Å². The molecule has 3 heterocycles. The van der Waals surface area contributed by atoms with Crippen molar-refractivity contribution >= 4 is 5.91 Å². The maximum Gasteiger partial charge on any atom is 0.254 e. The van der Waals surface area contributed by atoms with Crippen molar-refractivity contribution in [3.8, 4) is 0 Å². The highest BCUT2D eigenvalue weighted by Crippen LogP contribution is 2.39. The monoisotopic (exact) mass is 330 g/mol. The summed E-state index contributed by atoms with van der Waals surface area (Å²) in [4.78, 5) is 14.5. The van der Waals surface area contributed by atoms with Gasteiger partial charge >= 0.3 is 0 Å². The van der Waals surface area contributed by atoms with Gasteiger partial charge in [0.1, 0.15) is 0 Å². The van der Waals surface area contributed by atoms with Crippen LogP contribution in [0.3, 0.4) is 0 Å². The van der Waals surface area contributed by atoms with Crippen LogP contribution >= 0.6 is 0 Å². The Kier molecular flexibility index (Phi) is 4.05. The van der Waals surface area contributed by atoms with Crippen LogP contribution in [0.2, 0.25) is 0 Å². The van der Waals surface area contributed by atoms with Gasteiger partial charge in [0.25, 0.3) is 5.91 Å². The first-order chi connectivity index (χ1) is 11.7. The zero-order valence-electron chi connectivity index (χ0n) is 13.8. The molecule has 0 bridgehead atoms. The molecule has 1 amide bonds. The number of hydrogen-bond donors (Lipinski definition) is 1. The number of carbonyl (C=O) groups is 1. The molecule has 0 aromatic carbocycles. The van der Waals surface area contributed by atoms with Crippen molar-refractivity contribution in [3.63, 3.8) is 0 Å². The summed E-state index contributed by atoms with van der Waals surface area (Å²) in [7, 11) is 1.80. The van der Waals surface area contributed by atoms with E-state index in [-0.39, 0.29) is 11.9 Å². The zero-order valence-corrected chi connectivity index (χ0v) is 13.8. The van der Waals surface area contributed by atoms with E-state index in [1.165, 1.54) is 0 Å². The Morgan fingerprint density at radius 3 is 3.00 bits per heavy atom. The van der Waals surface area contributed by atoms with Gasteiger partial charge < -0.3 is 9.73 Å². The van der Waals surface area contributed by atoms with Crippen LogP contribution < -0.4 is 5.32 Å². The third-order valence-electron chi connectivity index (χ3n) is 4.58. The van der Waals surface area contributed by atoms with E-state index < -0.39 is 0 Å². The van der Waals surface area contributed by atoms with Crippen molar-refractivity contribution in [2.45, 2.75) is 44.2 Å². The van der Waals surface area contributed by atoms with E-state index in [9.17, 15) is 4.79 Å². The summed E-state index contributed by atoms with van der Waals surface area (Å²) in [6.07, 6.45) is 7.67. The number of amides is 1. The van der Waals surface area contributed by atoms with Crippen molar-refractivity contribution in [1.29, 1.82) is 0 Å². The van der Waals surface area contributed by atoms with Crippen LogP contribution in [0.1, 0.15) is 53.7 Å². The van der Waals surface area contributed by atoms with E-state index in [4.69, 9.17) is 4.42 Å². The summed E-state index contributed by atoms with van der Waals surface area (Å²) < 4.78 is 7.37. The highest BCUT2D eigenvalue weighted by Gasteiger charge is 2.30. The fraction of sp³-hybridized carbons (Fsp3) is 0.625. The fourth-order valence-electron chi connectivity index (χ4n) is 3.14. The number of rotatable bonds is 5. The molecule has 4 rings (SSSR count). The zero-order chi connectivity index (χ0) is 16.5. The highest BCUT2D eigenvalue weighted by atomic mass is 16.4. The number of aromatic nitrogens is 4. The summed E-state index contributed by atoms with van der Waals surface area (Å²) in [6.45, 7) is 2.44. The van der Waals surface area contributed by atoms with Gasteiger partial charge in [-0.2, -0.15) is 5.10 Å². The molecule has 128 valence electrons. The van der Waals surface area contributed by atoms with Crippen LogP contribution in [-0.2, 0) is 13.6 Å². The van der Waals surface area contributed by atoms with Crippen molar-refractivity contribution in [1.82, 2.24) is 30.2 Å². The second-order valence-electron chi connectivity index (χ2n) is 6.76. The van der Waals surface area contributed by atoms with Gasteiger partial charge in [-0.1, -0.05) is 0 Å². The topological polar surface area (TPSA) is 89.1 Å². The fourth-order valence-corrected chi connectivity index (χ4v) is 3.14. The minimum atomic E-state index is -0.0660. The van der Waals surface area contributed by atoms with Gasteiger partial charge in [-0.3, -0.25) is 14.4 Å². The van der Waals surface area contributed by atoms with Crippen LogP contribution in [-0.4, -0.2) is 49.9 Å². The Morgan fingerprint density at radius 2 is 2.25 bits per heavy atom. The molecular weight excluding hydrogens is 308 g/mol. The summed E-state index contributed by atoms with van der Waals surface area (Å²) in [5.41, 5.74) is 0.598. The molecular formula is C16H22N6O2. The standard InChI is InChI=1S/C16H22N6O2/c1-21-8-12(7-17-21)15(23)18-13-3-2-6-22(9-13)10-14-19-20-16(24-14)11-4-5-11/h7-8,11,13H,2-6,9-10H2,1H3,(H,18,23). The van der Waals surface area contributed by atoms with Crippen molar-refractivity contribution in [3.05, 3.63) is 29.7 Å². The van der Waals surface area contributed by atoms with Crippen LogP contribution in [0.5, 0.6) is 0 Å². The summed E-state index contributed by atoms with van der Waals surface area (Å²) >= 11 is 0. The molecule has 1 atom stereocenters. The van der Waals surface area contributed by atoms with E-state index in [0.717, 1.165) is 44.7 Å². The van der Waals surface area contributed by atoms with Crippen LogP contribution in [0, 0.1) is 0 Å². The van der Waals surface area contributed by atoms with Crippen molar-refractivity contribution < 1.29 is 9.21 Å². The number of nitrogens with one attached hydrogen (secondary N) is 1. The van der Waals surface area contributed by atoms with Crippen LogP contribution in [0.15, 0.2) is 16.8 Å². The maximum absolute atomic E-state index is 12.3. The first kappa shape index (κ1) is 15.3. The molecule has 0 radical (unpaired) electrons. The normalized spacial score (nSPS) is 21.8. The second-order valence-corrected chi connectivity index (χ2v) is 6.76. The first-order valence-electron chi connectivity index (χ1n) is 8.51. The Hall–Kier alpha value is -2.22. The molecule has 1 saturated heterocycles. The molecule has 1 N–H and O–H groups in total. The molecule has 1 aliphatic carbocycles. The minimum absolute atomic E-state index is 0.0660. The number of hydrogen-bond acceptors (Lipinski definition) is 6. The Bertz CT molecular complexity index is 720. The smallest absolute Gasteiger partial charge is 0.254 e. The largest absolute Gasteiger partial charge is 0.424 e. The molecule has 1 saturated carbocycles. The lowest BCUT2D eigenvalue weighted by Gasteiger charge is -2.32. The third-order valence-corrected chi connectivity index (χ3v) is 4.58. The van der Waals surface area contributed by atoms with Crippen LogP contribution in [0.4, 0.5) is 0 Å². The predicted molar refractivity (Wildman–Crippen MR) is 85.2 cm³/mol. The van der Waals surface area contributed by atoms with Gasteiger partial charge in [0.15, 0.2) is 0 Å². The number of aryl methyl sites for hydroxylation is 1. The lowest BCUT2D eigenvalue weighted by Crippen LogP contribution is -2.47. The lowest BCUT2D eigenvalue weighted by molar-refractivity contribution is 0.0896.